The Balaban J connectivity index is 1.80. The van der Waals surface area contributed by atoms with Crippen molar-refractivity contribution in [1.29, 1.82) is 0 Å². The molecule has 0 spiro atoms. The van der Waals surface area contributed by atoms with E-state index in [2.05, 4.69) is 43.1 Å². The van der Waals surface area contributed by atoms with Crippen LogP contribution in [-0.4, -0.2) is 33.4 Å². The van der Waals surface area contributed by atoms with Gasteiger partial charge in [-0.25, -0.2) is 0 Å². The van der Waals surface area contributed by atoms with Gasteiger partial charge in [0, 0.05) is 16.9 Å². The van der Waals surface area contributed by atoms with Gasteiger partial charge in [-0.1, -0.05) is 29.5 Å². The highest BCUT2D eigenvalue weighted by atomic mass is 32.2. The second kappa shape index (κ2) is 6.61. The van der Waals surface area contributed by atoms with E-state index in [9.17, 15) is 0 Å². The molecule has 0 atom stereocenters. The molecule has 6 heteroatoms. The molecule has 0 fully saturated rings. The van der Waals surface area contributed by atoms with Crippen LogP contribution in [0, 0.1) is 20.8 Å². The number of hydrogen-bond donors (Lipinski definition) is 0. The molecule has 26 heavy (non-hydrogen) atoms. The number of nitrogens with zero attached hydrogens (tertiary/aromatic N) is 4. The van der Waals surface area contributed by atoms with Crippen molar-refractivity contribution in [3.8, 4) is 17.1 Å². The molecule has 1 aromatic heterocycles. The molecule has 0 N–H and O–H groups in total. The Kier molecular flexibility index (Phi) is 4.28. The van der Waals surface area contributed by atoms with E-state index in [-0.39, 0.29) is 0 Å². The summed E-state index contributed by atoms with van der Waals surface area (Å²) < 4.78 is 7.09. The van der Waals surface area contributed by atoms with E-state index in [1.54, 1.807) is 18.9 Å². The van der Waals surface area contributed by atoms with E-state index in [1.807, 2.05) is 28.9 Å². The number of thioether (sulfide) groups is 1. The average Bonchev–Trinajstić information content (AvgIpc) is 3.04. The highest BCUT2D eigenvalue weighted by Crippen LogP contribution is 2.30. The van der Waals surface area contributed by atoms with Gasteiger partial charge >= 0.3 is 0 Å². The topological polar surface area (TPSA) is 52.3 Å². The van der Waals surface area contributed by atoms with Crippen LogP contribution < -0.4 is 4.74 Å². The van der Waals surface area contributed by atoms with Gasteiger partial charge in [0.25, 0.3) is 0 Å². The summed E-state index contributed by atoms with van der Waals surface area (Å²) in [5, 5.41) is 14.4. The predicted molar refractivity (Wildman–Crippen MR) is 105 cm³/mol. The fourth-order valence-corrected chi connectivity index (χ4v) is 4.22. The zero-order valence-corrected chi connectivity index (χ0v) is 16.1. The van der Waals surface area contributed by atoms with Crippen LogP contribution in [0.4, 0.5) is 0 Å². The van der Waals surface area contributed by atoms with Gasteiger partial charge in [0.15, 0.2) is 5.82 Å². The standard InChI is InChI=1S/C20H20N4OS/c1-12-9-13(2)18(14(3)10-12)17-11-26-20-22-21-19(24(20)23-17)15-5-7-16(25-4)8-6-15/h5-10H,11H2,1-4H3. The van der Waals surface area contributed by atoms with Gasteiger partial charge in [-0.05, 0) is 56.2 Å². The van der Waals surface area contributed by atoms with Crippen LogP contribution >= 0.6 is 11.8 Å². The van der Waals surface area contributed by atoms with Crippen LogP contribution in [-0.2, 0) is 0 Å². The average molecular weight is 364 g/mol. The molecule has 0 saturated heterocycles. The van der Waals surface area contributed by atoms with Gasteiger partial charge in [-0.3, -0.25) is 0 Å². The zero-order chi connectivity index (χ0) is 18.3. The molecule has 2 aromatic carbocycles. The lowest BCUT2D eigenvalue weighted by Crippen LogP contribution is -2.16. The second-order valence-electron chi connectivity index (χ2n) is 6.46. The molecule has 4 rings (SSSR count). The van der Waals surface area contributed by atoms with Crippen molar-refractivity contribution in [3.63, 3.8) is 0 Å². The SMILES string of the molecule is COc1ccc(-c2nnc3n2N=C(c2c(C)cc(C)cc2C)CS3)cc1. The van der Waals surface area contributed by atoms with Gasteiger partial charge in [0.1, 0.15) is 5.75 Å². The van der Waals surface area contributed by atoms with E-state index >= 15 is 0 Å². The van der Waals surface area contributed by atoms with E-state index in [0.29, 0.717) is 0 Å². The number of benzene rings is 2. The van der Waals surface area contributed by atoms with Crippen LogP contribution in [0.25, 0.3) is 11.4 Å². The molecular weight excluding hydrogens is 344 g/mol. The van der Waals surface area contributed by atoms with Gasteiger partial charge < -0.3 is 4.74 Å². The highest BCUT2D eigenvalue weighted by molar-refractivity contribution is 7.99. The fourth-order valence-electron chi connectivity index (χ4n) is 3.41. The normalized spacial score (nSPS) is 13.3. The fraction of sp³-hybridized carbons (Fsp3) is 0.250. The van der Waals surface area contributed by atoms with Crippen molar-refractivity contribution >= 4 is 17.5 Å². The van der Waals surface area contributed by atoms with Crippen molar-refractivity contribution in [2.75, 3.05) is 12.9 Å². The molecule has 2 heterocycles. The summed E-state index contributed by atoms with van der Waals surface area (Å²) in [6.45, 7) is 6.42. The second-order valence-corrected chi connectivity index (χ2v) is 7.40. The minimum absolute atomic E-state index is 0.745. The molecule has 0 amide bonds. The van der Waals surface area contributed by atoms with Crippen LogP contribution in [0.3, 0.4) is 0 Å². The van der Waals surface area contributed by atoms with Crippen molar-refractivity contribution in [1.82, 2.24) is 14.9 Å². The summed E-state index contributed by atoms with van der Waals surface area (Å²) in [7, 11) is 1.66. The molecule has 1 aliphatic rings. The summed E-state index contributed by atoms with van der Waals surface area (Å²) in [6, 6.07) is 12.2. The first-order valence-electron chi connectivity index (χ1n) is 8.45. The van der Waals surface area contributed by atoms with Gasteiger partial charge in [0.05, 0.1) is 12.8 Å². The third-order valence-corrected chi connectivity index (χ3v) is 5.42. The summed E-state index contributed by atoms with van der Waals surface area (Å²) in [5.41, 5.74) is 7.04. The Hall–Kier alpha value is -2.60. The summed E-state index contributed by atoms with van der Waals surface area (Å²) in [6.07, 6.45) is 0. The molecule has 0 radical (unpaired) electrons. The molecule has 0 saturated carbocycles. The number of ether oxygens (including phenoxy) is 1. The molecular formula is C20H20N4OS. The number of aryl methyl sites for hydroxylation is 3. The lowest BCUT2D eigenvalue weighted by atomic mass is 9.97. The summed E-state index contributed by atoms with van der Waals surface area (Å²) in [5.74, 6) is 2.36. The molecule has 0 aliphatic carbocycles. The van der Waals surface area contributed by atoms with Crippen LogP contribution in [0.1, 0.15) is 22.3 Å². The van der Waals surface area contributed by atoms with Gasteiger partial charge in [-0.2, -0.15) is 9.78 Å². The van der Waals surface area contributed by atoms with Gasteiger partial charge in [-0.15, -0.1) is 10.2 Å². The van der Waals surface area contributed by atoms with E-state index in [1.165, 1.54) is 22.3 Å². The molecule has 0 unspecified atom stereocenters. The molecule has 0 bridgehead atoms. The highest BCUT2D eigenvalue weighted by Gasteiger charge is 2.22. The minimum Gasteiger partial charge on any atom is -0.497 e. The van der Waals surface area contributed by atoms with Crippen molar-refractivity contribution in [2.24, 2.45) is 5.10 Å². The van der Waals surface area contributed by atoms with Crippen molar-refractivity contribution in [2.45, 2.75) is 25.9 Å². The summed E-state index contributed by atoms with van der Waals surface area (Å²) >= 11 is 1.67. The maximum Gasteiger partial charge on any atom is 0.212 e. The first-order valence-corrected chi connectivity index (χ1v) is 9.44. The van der Waals surface area contributed by atoms with Gasteiger partial charge in [0.2, 0.25) is 5.16 Å². The Morgan fingerprint density at radius 1 is 1.00 bits per heavy atom. The molecule has 5 nitrogen and oxygen atoms in total. The maximum atomic E-state index is 5.24. The van der Waals surface area contributed by atoms with E-state index in [0.717, 1.165) is 33.8 Å². The van der Waals surface area contributed by atoms with Crippen LogP contribution in [0.2, 0.25) is 0 Å². The quantitative estimate of drug-likeness (QED) is 0.698. The van der Waals surface area contributed by atoms with E-state index < -0.39 is 0 Å². The molecule has 1 aliphatic heterocycles. The molecule has 132 valence electrons. The van der Waals surface area contributed by atoms with E-state index in [4.69, 9.17) is 9.84 Å². The number of hydrogen-bond acceptors (Lipinski definition) is 5. The predicted octanol–water partition coefficient (Wildman–Crippen LogP) is 4.24. The Bertz CT molecular complexity index is 982. The zero-order valence-electron chi connectivity index (χ0n) is 15.3. The van der Waals surface area contributed by atoms with Crippen molar-refractivity contribution in [3.05, 3.63) is 58.7 Å². The minimum atomic E-state index is 0.745. The third kappa shape index (κ3) is 2.90. The monoisotopic (exact) mass is 364 g/mol. The summed E-state index contributed by atoms with van der Waals surface area (Å²) in [4.78, 5) is 0. The first-order chi connectivity index (χ1) is 12.6. The first kappa shape index (κ1) is 16.8. The van der Waals surface area contributed by atoms with Crippen LogP contribution in [0.15, 0.2) is 46.7 Å². The number of methoxy groups -OCH3 is 1. The lowest BCUT2D eigenvalue weighted by Gasteiger charge is -2.18. The Labute approximate surface area is 157 Å². The number of fused-ring (bicyclic) bond motifs is 1. The van der Waals surface area contributed by atoms with Crippen molar-refractivity contribution < 1.29 is 4.74 Å². The lowest BCUT2D eigenvalue weighted by molar-refractivity contribution is 0.415. The smallest absolute Gasteiger partial charge is 0.212 e. The molecule has 3 aromatic rings. The Morgan fingerprint density at radius 3 is 2.35 bits per heavy atom. The number of aromatic nitrogens is 3. The largest absolute Gasteiger partial charge is 0.497 e. The van der Waals surface area contributed by atoms with Crippen LogP contribution in [0.5, 0.6) is 5.75 Å². The maximum absolute atomic E-state index is 5.24. The third-order valence-electron chi connectivity index (χ3n) is 4.48. The Morgan fingerprint density at radius 2 is 1.69 bits per heavy atom. The number of rotatable bonds is 3.